The first-order valence-electron chi connectivity index (χ1n) is 7.68. The van der Waals surface area contributed by atoms with Gasteiger partial charge in [0.25, 0.3) is 0 Å². The molecule has 0 radical (unpaired) electrons. The molecule has 2 heteroatoms. The Bertz CT molecular complexity index is 572. The van der Waals surface area contributed by atoms with E-state index >= 15 is 0 Å². The van der Waals surface area contributed by atoms with E-state index in [0.717, 1.165) is 24.3 Å². The Hall–Kier alpha value is -2.22. The van der Waals surface area contributed by atoms with E-state index < -0.39 is 0 Å². The largest absolute Gasteiger partial charge is 0.497 e. The summed E-state index contributed by atoms with van der Waals surface area (Å²) in [7, 11) is 3.38. The number of hydrogen-bond donors (Lipinski definition) is 0. The fourth-order valence-electron chi connectivity index (χ4n) is 2.67. The highest BCUT2D eigenvalue weighted by Gasteiger charge is 2.09. The summed E-state index contributed by atoms with van der Waals surface area (Å²) in [6.45, 7) is 4.43. The highest BCUT2D eigenvalue weighted by Crippen LogP contribution is 2.31. The molecule has 22 heavy (non-hydrogen) atoms. The number of allylic oxidation sites excluding steroid dienone is 1. The monoisotopic (exact) mass is 296 g/mol. The molecular formula is C20H24O2. The Morgan fingerprint density at radius 2 is 1.18 bits per heavy atom. The van der Waals surface area contributed by atoms with Crippen LogP contribution in [0.15, 0.2) is 54.1 Å². The SMILES string of the molecule is CCCC(C)=C(c1ccc(OC)cc1)c1ccc(OC)cc1. The molecule has 2 aromatic rings. The van der Waals surface area contributed by atoms with E-state index in [1.54, 1.807) is 14.2 Å². The molecule has 0 unspecified atom stereocenters. The molecule has 2 aromatic carbocycles. The van der Waals surface area contributed by atoms with E-state index in [-0.39, 0.29) is 0 Å². The maximum Gasteiger partial charge on any atom is 0.118 e. The minimum absolute atomic E-state index is 0.881. The molecule has 0 aliphatic heterocycles. The summed E-state index contributed by atoms with van der Waals surface area (Å²) in [4.78, 5) is 0. The van der Waals surface area contributed by atoms with Crippen LogP contribution in [0.5, 0.6) is 11.5 Å². The predicted molar refractivity (Wildman–Crippen MR) is 92.6 cm³/mol. The molecule has 0 heterocycles. The zero-order chi connectivity index (χ0) is 15.9. The summed E-state index contributed by atoms with van der Waals surface area (Å²) in [5.74, 6) is 1.76. The summed E-state index contributed by atoms with van der Waals surface area (Å²) in [6, 6.07) is 16.5. The van der Waals surface area contributed by atoms with Crippen LogP contribution in [-0.4, -0.2) is 14.2 Å². The van der Waals surface area contributed by atoms with Crippen molar-refractivity contribution in [3.63, 3.8) is 0 Å². The Balaban J connectivity index is 2.47. The third kappa shape index (κ3) is 3.70. The van der Waals surface area contributed by atoms with Crippen molar-refractivity contribution in [2.24, 2.45) is 0 Å². The van der Waals surface area contributed by atoms with Crippen LogP contribution in [0, 0.1) is 0 Å². The first-order chi connectivity index (χ1) is 10.7. The maximum absolute atomic E-state index is 5.26. The molecule has 0 aliphatic carbocycles. The van der Waals surface area contributed by atoms with Crippen LogP contribution >= 0.6 is 0 Å². The lowest BCUT2D eigenvalue weighted by molar-refractivity contribution is 0.414. The average Bonchev–Trinajstić information content (AvgIpc) is 2.56. The molecule has 0 bridgehead atoms. The molecule has 0 aliphatic rings. The molecule has 0 fully saturated rings. The predicted octanol–water partition coefficient (Wildman–Crippen LogP) is 5.33. The Kier molecular flexibility index (Phi) is 5.65. The maximum atomic E-state index is 5.26. The molecule has 0 aromatic heterocycles. The van der Waals surface area contributed by atoms with Crippen LogP contribution < -0.4 is 9.47 Å². The van der Waals surface area contributed by atoms with Gasteiger partial charge < -0.3 is 9.47 Å². The van der Waals surface area contributed by atoms with E-state index in [1.165, 1.54) is 22.3 Å². The van der Waals surface area contributed by atoms with Crippen molar-refractivity contribution in [3.8, 4) is 11.5 Å². The quantitative estimate of drug-likeness (QED) is 0.717. The molecule has 116 valence electrons. The van der Waals surface area contributed by atoms with Crippen molar-refractivity contribution in [1.82, 2.24) is 0 Å². The summed E-state index contributed by atoms with van der Waals surface area (Å²) < 4.78 is 10.5. The van der Waals surface area contributed by atoms with Gasteiger partial charge in [0.1, 0.15) is 11.5 Å². The van der Waals surface area contributed by atoms with Crippen LogP contribution in [0.1, 0.15) is 37.8 Å². The van der Waals surface area contributed by atoms with Gasteiger partial charge in [-0.25, -0.2) is 0 Å². The van der Waals surface area contributed by atoms with E-state index in [0.29, 0.717) is 0 Å². The second-order valence-electron chi connectivity index (χ2n) is 5.36. The van der Waals surface area contributed by atoms with Gasteiger partial charge >= 0.3 is 0 Å². The first-order valence-corrected chi connectivity index (χ1v) is 7.68. The summed E-state index contributed by atoms with van der Waals surface area (Å²) in [5, 5.41) is 0. The minimum Gasteiger partial charge on any atom is -0.497 e. The Morgan fingerprint density at radius 3 is 1.50 bits per heavy atom. The molecule has 0 saturated heterocycles. The van der Waals surface area contributed by atoms with E-state index in [2.05, 4.69) is 38.1 Å². The van der Waals surface area contributed by atoms with Gasteiger partial charge in [-0.2, -0.15) is 0 Å². The zero-order valence-corrected chi connectivity index (χ0v) is 13.8. The molecule has 2 rings (SSSR count). The first kappa shape index (κ1) is 16.2. The third-order valence-electron chi connectivity index (χ3n) is 3.81. The summed E-state index contributed by atoms with van der Waals surface area (Å²) >= 11 is 0. The number of benzene rings is 2. The van der Waals surface area contributed by atoms with Crippen molar-refractivity contribution < 1.29 is 9.47 Å². The highest BCUT2D eigenvalue weighted by atomic mass is 16.5. The van der Waals surface area contributed by atoms with Gasteiger partial charge in [-0.1, -0.05) is 43.2 Å². The highest BCUT2D eigenvalue weighted by molar-refractivity contribution is 5.82. The number of methoxy groups -OCH3 is 2. The van der Waals surface area contributed by atoms with Gasteiger partial charge in [-0.05, 0) is 54.3 Å². The smallest absolute Gasteiger partial charge is 0.118 e. The second-order valence-corrected chi connectivity index (χ2v) is 5.36. The van der Waals surface area contributed by atoms with Crippen LogP contribution in [0.25, 0.3) is 5.57 Å². The Morgan fingerprint density at radius 1 is 0.773 bits per heavy atom. The molecule has 0 atom stereocenters. The van der Waals surface area contributed by atoms with Crippen molar-refractivity contribution in [1.29, 1.82) is 0 Å². The van der Waals surface area contributed by atoms with Crippen molar-refractivity contribution in [3.05, 3.63) is 65.2 Å². The molecule has 0 saturated carbocycles. The van der Waals surface area contributed by atoms with Crippen LogP contribution in [-0.2, 0) is 0 Å². The van der Waals surface area contributed by atoms with Crippen molar-refractivity contribution in [2.75, 3.05) is 14.2 Å². The van der Waals surface area contributed by atoms with Gasteiger partial charge in [0, 0.05) is 0 Å². The molecule has 0 spiro atoms. The van der Waals surface area contributed by atoms with Gasteiger partial charge in [-0.3, -0.25) is 0 Å². The van der Waals surface area contributed by atoms with Gasteiger partial charge in [0.15, 0.2) is 0 Å². The van der Waals surface area contributed by atoms with Crippen LogP contribution in [0.4, 0.5) is 0 Å². The lowest BCUT2D eigenvalue weighted by Crippen LogP contribution is -1.94. The Labute approximate surface area is 133 Å². The number of ether oxygens (including phenoxy) is 2. The second kappa shape index (κ2) is 7.69. The van der Waals surface area contributed by atoms with E-state index in [4.69, 9.17) is 9.47 Å². The van der Waals surface area contributed by atoms with Gasteiger partial charge in [-0.15, -0.1) is 0 Å². The fourth-order valence-corrected chi connectivity index (χ4v) is 2.67. The number of rotatable bonds is 6. The topological polar surface area (TPSA) is 18.5 Å². The normalized spacial score (nSPS) is 10.2. The molecule has 2 nitrogen and oxygen atoms in total. The fraction of sp³-hybridized carbons (Fsp3) is 0.300. The van der Waals surface area contributed by atoms with E-state index in [9.17, 15) is 0 Å². The van der Waals surface area contributed by atoms with Crippen LogP contribution in [0.2, 0.25) is 0 Å². The van der Waals surface area contributed by atoms with E-state index in [1.807, 2.05) is 24.3 Å². The third-order valence-corrected chi connectivity index (χ3v) is 3.81. The zero-order valence-electron chi connectivity index (χ0n) is 13.8. The molecular weight excluding hydrogens is 272 g/mol. The summed E-state index contributed by atoms with van der Waals surface area (Å²) in [6.07, 6.45) is 2.23. The van der Waals surface area contributed by atoms with Crippen molar-refractivity contribution >= 4 is 5.57 Å². The minimum atomic E-state index is 0.881. The van der Waals surface area contributed by atoms with Gasteiger partial charge in [0.05, 0.1) is 14.2 Å². The molecule has 0 amide bonds. The van der Waals surface area contributed by atoms with Gasteiger partial charge in [0.2, 0.25) is 0 Å². The lowest BCUT2D eigenvalue weighted by atomic mass is 9.92. The van der Waals surface area contributed by atoms with Crippen molar-refractivity contribution in [2.45, 2.75) is 26.7 Å². The molecule has 0 N–H and O–H groups in total. The summed E-state index contributed by atoms with van der Waals surface area (Å²) in [5.41, 5.74) is 5.14. The standard InChI is InChI=1S/C20H24O2/c1-5-6-15(2)20(16-7-11-18(21-3)12-8-16)17-9-13-19(22-4)14-10-17/h7-14H,5-6H2,1-4H3. The van der Waals surface area contributed by atoms with Crippen LogP contribution in [0.3, 0.4) is 0 Å². The lowest BCUT2D eigenvalue weighted by Gasteiger charge is -2.14. The number of hydrogen-bond acceptors (Lipinski definition) is 2. The average molecular weight is 296 g/mol.